The van der Waals surface area contributed by atoms with Crippen LogP contribution in [0.2, 0.25) is 5.02 Å². The molecule has 100 valence electrons. The van der Waals surface area contributed by atoms with Gasteiger partial charge in [0.05, 0.1) is 6.20 Å². The number of hydrazine groups is 1. The summed E-state index contributed by atoms with van der Waals surface area (Å²) in [5, 5.41) is 0.551. The number of nitrogen functional groups attached to an aromatic ring is 1. The summed E-state index contributed by atoms with van der Waals surface area (Å²) in [5.74, 6) is 6.44. The van der Waals surface area contributed by atoms with Crippen LogP contribution in [0.15, 0.2) is 6.20 Å². The van der Waals surface area contributed by atoms with E-state index in [4.69, 9.17) is 17.4 Å². The molecule has 0 aromatic carbocycles. The third-order valence-corrected chi connectivity index (χ3v) is 3.69. The number of hydrogen-bond donors (Lipinski definition) is 2. The van der Waals surface area contributed by atoms with Crippen LogP contribution in [0.5, 0.6) is 0 Å². The van der Waals surface area contributed by atoms with Gasteiger partial charge >= 0.3 is 0 Å². The molecule has 3 N–H and O–H groups in total. The monoisotopic (exact) mass is 270 g/mol. The number of halogens is 1. The average molecular weight is 271 g/mol. The summed E-state index contributed by atoms with van der Waals surface area (Å²) >= 11 is 6.15. The SMILES string of the molecule is CN1CCC(N(C)c2nc(NN)ncc2Cl)CC1. The molecule has 0 spiro atoms. The number of likely N-dealkylation sites (tertiary alicyclic amines) is 1. The molecule has 1 aliphatic rings. The lowest BCUT2D eigenvalue weighted by Crippen LogP contribution is -2.42. The van der Waals surface area contributed by atoms with E-state index in [0.29, 0.717) is 17.0 Å². The number of nitrogens with one attached hydrogen (secondary N) is 1. The van der Waals surface area contributed by atoms with E-state index in [1.165, 1.54) is 0 Å². The highest BCUT2D eigenvalue weighted by atomic mass is 35.5. The van der Waals surface area contributed by atoms with Gasteiger partial charge in [-0.1, -0.05) is 11.6 Å². The van der Waals surface area contributed by atoms with Crippen molar-refractivity contribution in [1.82, 2.24) is 14.9 Å². The van der Waals surface area contributed by atoms with Crippen LogP contribution in [0, 0.1) is 0 Å². The number of rotatable bonds is 3. The average Bonchev–Trinajstić information content (AvgIpc) is 2.39. The third kappa shape index (κ3) is 2.82. The number of nitrogens with two attached hydrogens (primary N) is 1. The Hall–Kier alpha value is -1.11. The van der Waals surface area contributed by atoms with E-state index >= 15 is 0 Å². The first-order chi connectivity index (χ1) is 8.61. The van der Waals surface area contributed by atoms with Gasteiger partial charge in [0.1, 0.15) is 5.02 Å². The van der Waals surface area contributed by atoms with E-state index in [1.807, 2.05) is 7.05 Å². The van der Waals surface area contributed by atoms with Crippen LogP contribution < -0.4 is 16.2 Å². The molecule has 2 rings (SSSR count). The van der Waals surface area contributed by atoms with Gasteiger partial charge in [-0.15, -0.1) is 0 Å². The molecule has 1 aliphatic heterocycles. The Morgan fingerprint density at radius 2 is 2.17 bits per heavy atom. The quantitative estimate of drug-likeness (QED) is 0.629. The minimum Gasteiger partial charge on any atom is -0.355 e. The van der Waals surface area contributed by atoms with E-state index in [0.717, 1.165) is 31.7 Å². The van der Waals surface area contributed by atoms with Gasteiger partial charge < -0.3 is 9.80 Å². The lowest BCUT2D eigenvalue weighted by Gasteiger charge is -2.36. The number of anilines is 2. The maximum absolute atomic E-state index is 6.15. The van der Waals surface area contributed by atoms with Crippen molar-refractivity contribution in [3.63, 3.8) is 0 Å². The molecule has 1 saturated heterocycles. The molecule has 0 unspecified atom stereocenters. The van der Waals surface area contributed by atoms with Gasteiger partial charge in [0, 0.05) is 13.1 Å². The summed E-state index contributed by atoms with van der Waals surface area (Å²) in [6.07, 6.45) is 3.79. The molecule has 1 aromatic heterocycles. The normalized spacial score (nSPS) is 17.8. The molecule has 18 heavy (non-hydrogen) atoms. The zero-order chi connectivity index (χ0) is 13.1. The third-order valence-electron chi connectivity index (χ3n) is 3.42. The number of hydrogen-bond acceptors (Lipinski definition) is 6. The first-order valence-electron chi connectivity index (χ1n) is 6.02. The molecule has 1 fully saturated rings. The summed E-state index contributed by atoms with van der Waals surface area (Å²) in [7, 11) is 4.16. The van der Waals surface area contributed by atoms with Gasteiger partial charge in [0.2, 0.25) is 5.95 Å². The predicted octanol–water partition coefficient (Wildman–Crippen LogP) is 0.946. The largest absolute Gasteiger partial charge is 0.355 e. The van der Waals surface area contributed by atoms with E-state index in [2.05, 4.69) is 32.2 Å². The summed E-state index contributed by atoms with van der Waals surface area (Å²) in [4.78, 5) is 12.8. The number of aromatic nitrogens is 2. The van der Waals surface area contributed by atoms with Crippen molar-refractivity contribution >= 4 is 23.4 Å². The minimum atomic E-state index is 0.383. The first-order valence-corrected chi connectivity index (χ1v) is 6.40. The fourth-order valence-electron chi connectivity index (χ4n) is 2.23. The minimum absolute atomic E-state index is 0.383. The zero-order valence-corrected chi connectivity index (χ0v) is 11.5. The second kappa shape index (κ2) is 5.69. The van der Waals surface area contributed by atoms with Gasteiger partial charge in [0.15, 0.2) is 5.82 Å². The Morgan fingerprint density at radius 1 is 1.50 bits per heavy atom. The highest BCUT2D eigenvalue weighted by Gasteiger charge is 2.23. The molecule has 0 atom stereocenters. The molecule has 0 bridgehead atoms. The summed E-state index contributed by atoms with van der Waals surface area (Å²) in [6, 6.07) is 0.458. The predicted molar refractivity (Wildman–Crippen MR) is 73.8 cm³/mol. The van der Waals surface area contributed by atoms with Crippen molar-refractivity contribution in [1.29, 1.82) is 0 Å². The van der Waals surface area contributed by atoms with E-state index in [1.54, 1.807) is 6.20 Å². The van der Waals surface area contributed by atoms with Crippen molar-refractivity contribution in [2.45, 2.75) is 18.9 Å². The Bertz CT molecular complexity index is 405. The maximum atomic E-state index is 6.15. The Kier molecular flexibility index (Phi) is 4.21. The van der Waals surface area contributed by atoms with E-state index in [-0.39, 0.29) is 0 Å². The van der Waals surface area contributed by atoms with Crippen molar-refractivity contribution in [2.75, 3.05) is 37.5 Å². The van der Waals surface area contributed by atoms with Crippen LogP contribution in [-0.2, 0) is 0 Å². The van der Waals surface area contributed by atoms with Crippen LogP contribution in [0.3, 0.4) is 0 Å². The van der Waals surface area contributed by atoms with Crippen molar-refractivity contribution in [3.05, 3.63) is 11.2 Å². The first kappa shape index (κ1) is 13.3. The lowest BCUT2D eigenvalue weighted by molar-refractivity contribution is 0.252. The Balaban J connectivity index is 2.14. The molecule has 6 nitrogen and oxygen atoms in total. The van der Waals surface area contributed by atoms with E-state index < -0.39 is 0 Å². The summed E-state index contributed by atoms with van der Waals surface area (Å²) in [5.41, 5.74) is 2.44. The molecule has 0 aliphatic carbocycles. The van der Waals surface area contributed by atoms with E-state index in [9.17, 15) is 0 Å². The van der Waals surface area contributed by atoms with Crippen molar-refractivity contribution in [2.24, 2.45) is 5.84 Å². The summed E-state index contributed by atoms with van der Waals surface area (Å²) in [6.45, 7) is 2.19. The molecule has 7 heteroatoms. The van der Waals surface area contributed by atoms with Gasteiger partial charge in [0.25, 0.3) is 0 Å². The number of nitrogens with zero attached hydrogens (tertiary/aromatic N) is 4. The molecule has 0 amide bonds. The molecular formula is C11H19ClN6. The van der Waals surface area contributed by atoms with Crippen LogP contribution >= 0.6 is 11.6 Å². The second-order valence-electron chi connectivity index (χ2n) is 4.65. The van der Waals surface area contributed by atoms with Crippen molar-refractivity contribution in [3.8, 4) is 0 Å². The van der Waals surface area contributed by atoms with Crippen LogP contribution in [0.1, 0.15) is 12.8 Å². The molecule has 2 heterocycles. The van der Waals surface area contributed by atoms with Gasteiger partial charge in [-0.3, -0.25) is 5.43 Å². The Labute approximate surface area is 112 Å². The summed E-state index contributed by atoms with van der Waals surface area (Å²) < 4.78 is 0. The smallest absolute Gasteiger partial charge is 0.239 e. The second-order valence-corrected chi connectivity index (χ2v) is 5.06. The molecular weight excluding hydrogens is 252 g/mol. The standard InChI is InChI=1S/C11H19ClN6/c1-17-5-3-8(4-6-17)18(2)10-9(12)7-14-11(15-10)16-13/h7-8H,3-6,13H2,1-2H3,(H,14,15,16). The molecule has 0 radical (unpaired) electrons. The number of piperidine rings is 1. The van der Waals surface area contributed by atoms with Crippen LogP contribution in [-0.4, -0.2) is 48.1 Å². The van der Waals surface area contributed by atoms with Gasteiger partial charge in [-0.2, -0.15) is 4.98 Å². The highest BCUT2D eigenvalue weighted by Crippen LogP contribution is 2.27. The van der Waals surface area contributed by atoms with Gasteiger partial charge in [-0.05, 0) is 33.0 Å². The lowest BCUT2D eigenvalue weighted by atomic mass is 10.0. The van der Waals surface area contributed by atoms with Gasteiger partial charge in [-0.25, -0.2) is 10.8 Å². The fraction of sp³-hybridized carbons (Fsp3) is 0.636. The van der Waals surface area contributed by atoms with Crippen molar-refractivity contribution < 1.29 is 0 Å². The fourth-order valence-corrected chi connectivity index (χ4v) is 2.45. The maximum Gasteiger partial charge on any atom is 0.239 e. The molecule has 0 saturated carbocycles. The molecule has 1 aromatic rings. The Morgan fingerprint density at radius 3 is 2.78 bits per heavy atom. The topological polar surface area (TPSA) is 70.3 Å². The zero-order valence-electron chi connectivity index (χ0n) is 10.7. The van der Waals surface area contributed by atoms with Crippen LogP contribution in [0.25, 0.3) is 0 Å². The van der Waals surface area contributed by atoms with Crippen LogP contribution in [0.4, 0.5) is 11.8 Å². The highest BCUT2D eigenvalue weighted by molar-refractivity contribution is 6.32.